The molecule has 0 atom stereocenters. The molecule has 4 rings (SSSR count). The van der Waals surface area contributed by atoms with E-state index in [4.69, 9.17) is 9.97 Å². The Bertz CT molecular complexity index is 1760. The number of aliphatic hydroxyl groups excluding tert-OH is 1. The van der Waals surface area contributed by atoms with Gasteiger partial charge in [0.25, 0.3) is 0 Å². The quantitative estimate of drug-likeness (QED) is 0.0749. The number of carbonyl (C=O) groups is 1. The van der Waals surface area contributed by atoms with Crippen LogP contribution in [0, 0.1) is 56.4 Å². The second-order valence-electron chi connectivity index (χ2n) is 15.7. The van der Waals surface area contributed by atoms with E-state index in [-0.39, 0.29) is 42.5 Å². The second-order valence-corrected chi connectivity index (χ2v) is 15.7. The topological polar surface area (TPSA) is 63.1 Å². The summed E-state index contributed by atoms with van der Waals surface area (Å²) < 4.78 is 0. The third-order valence-corrected chi connectivity index (χ3v) is 9.43. The SMILES string of the molecule is CCC(C)(C)C(=O)/C=C(\O)C(C)(C)CC.Cc1[c-]c(-c2nc(C)nc3c2cc(C)c2cc(CC(C)C)cc(CC(C)C)c23)cc(C)c1.[Ir]. The first-order valence-corrected chi connectivity index (χ1v) is 17.5. The van der Waals surface area contributed by atoms with E-state index in [1.54, 1.807) is 0 Å². The molecule has 0 aliphatic heterocycles. The Morgan fingerprint density at radius 3 is 1.98 bits per heavy atom. The average Bonchev–Trinajstić information content (AvgIpc) is 2.96. The first-order valence-electron chi connectivity index (χ1n) is 17.5. The molecule has 1 heterocycles. The zero-order chi connectivity index (χ0) is 35.4. The van der Waals surface area contributed by atoms with Gasteiger partial charge in [0.05, 0.1) is 5.52 Å². The van der Waals surface area contributed by atoms with Gasteiger partial charge in [-0.15, -0.1) is 34.9 Å². The van der Waals surface area contributed by atoms with Crippen LogP contribution in [0.5, 0.6) is 0 Å². The van der Waals surface area contributed by atoms with E-state index in [2.05, 4.69) is 84.9 Å². The number of ketones is 1. The maximum absolute atomic E-state index is 11.8. The van der Waals surface area contributed by atoms with Crippen LogP contribution in [0.3, 0.4) is 0 Å². The Hall–Kier alpha value is -2.88. The molecule has 1 N–H and O–H groups in total. The Balaban J connectivity index is 0.000000427. The third kappa shape index (κ3) is 10.1. The summed E-state index contributed by atoms with van der Waals surface area (Å²) in [6.07, 6.45) is 5.14. The van der Waals surface area contributed by atoms with Gasteiger partial charge < -0.3 is 5.11 Å². The number of hydrogen-bond donors (Lipinski definition) is 1. The van der Waals surface area contributed by atoms with E-state index in [1.807, 2.05) is 48.5 Å². The van der Waals surface area contributed by atoms with Crippen LogP contribution in [0.4, 0.5) is 0 Å². The number of carbonyl (C=O) groups excluding carboxylic acids is 1. The van der Waals surface area contributed by atoms with Crippen molar-refractivity contribution in [2.45, 2.75) is 123 Å². The second kappa shape index (κ2) is 16.7. The zero-order valence-electron chi connectivity index (χ0n) is 32.0. The minimum absolute atomic E-state index is 0. The van der Waals surface area contributed by atoms with Crippen LogP contribution in [0.15, 0.2) is 42.2 Å². The normalized spacial score (nSPS) is 12.4. The van der Waals surface area contributed by atoms with Crippen LogP contribution >= 0.6 is 0 Å². The summed E-state index contributed by atoms with van der Waals surface area (Å²) in [6.45, 7) is 29.3. The van der Waals surface area contributed by atoms with Gasteiger partial charge in [0.2, 0.25) is 0 Å². The van der Waals surface area contributed by atoms with Gasteiger partial charge in [-0.2, -0.15) is 0 Å². The molecule has 4 aromatic rings. The van der Waals surface area contributed by atoms with E-state index in [0.717, 1.165) is 59.2 Å². The predicted molar refractivity (Wildman–Crippen MR) is 201 cm³/mol. The fourth-order valence-corrected chi connectivity index (χ4v) is 5.85. The number of rotatable bonds is 10. The standard InChI is InChI=1S/C30H35N2.C13H24O2.Ir/c1-17(2)9-23-15-24(10-18(3)4)28-26(16-23)21(7)14-27-29(31-22(8)32-30(27)28)25-12-19(5)11-20(6)13-25;1-7-12(3,4)10(14)9-11(15)13(5,6)8-2;/h11-12,14-18H,9-10H2,1-8H3;9,14H,7-8H2,1-6H3;/q-1;;/b;10-9-;. The van der Waals surface area contributed by atoms with Crippen molar-refractivity contribution in [2.24, 2.45) is 22.7 Å². The summed E-state index contributed by atoms with van der Waals surface area (Å²) in [7, 11) is 0. The minimum atomic E-state index is -0.377. The summed E-state index contributed by atoms with van der Waals surface area (Å²) in [5.74, 6) is 2.22. The molecule has 1 radical (unpaired) electrons. The van der Waals surface area contributed by atoms with Crippen molar-refractivity contribution in [1.29, 1.82) is 0 Å². The van der Waals surface area contributed by atoms with Crippen LogP contribution < -0.4 is 0 Å². The van der Waals surface area contributed by atoms with Crippen LogP contribution in [-0.2, 0) is 37.7 Å². The number of aryl methyl sites for hydroxylation is 4. The molecular weight excluding hydrogens is 769 g/mol. The molecule has 1 aromatic heterocycles. The van der Waals surface area contributed by atoms with E-state index < -0.39 is 0 Å². The summed E-state index contributed by atoms with van der Waals surface area (Å²) in [6, 6.07) is 15.0. The first-order chi connectivity index (χ1) is 21.8. The van der Waals surface area contributed by atoms with Crippen LogP contribution in [0.1, 0.15) is 116 Å². The molecule has 0 saturated heterocycles. The fourth-order valence-electron chi connectivity index (χ4n) is 5.85. The van der Waals surface area contributed by atoms with E-state index in [1.165, 1.54) is 39.1 Å². The van der Waals surface area contributed by atoms with Crippen molar-refractivity contribution in [2.75, 3.05) is 0 Å². The monoisotopic (exact) mass is 828 g/mol. The Kier molecular flexibility index (Phi) is 14.4. The van der Waals surface area contributed by atoms with Crippen LogP contribution in [-0.4, -0.2) is 20.9 Å². The molecular formula is C43H59IrN2O2-. The summed E-state index contributed by atoms with van der Waals surface area (Å²) in [5.41, 5.74) is 8.95. The number of benzene rings is 3. The Labute approximate surface area is 304 Å². The van der Waals surface area contributed by atoms with Crippen LogP contribution in [0.2, 0.25) is 0 Å². The first kappa shape index (κ1) is 41.3. The van der Waals surface area contributed by atoms with Gasteiger partial charge in [-0.1, -0.05) is 101 Å². The van der Waals surface area contributed by atoms with Gasteiger partial charge in [0.15, 0.2) is 5.78 Å². The molecule has 0 aliphatic rings. The number of fused-ring (bicyclic) bond motifs is 3. The van der Waals surface area contributed by atoms with Crippen molar-refractivity contribution < 1.29 is 30.0 Å². The molecule has 0 aliphatic carbocycles. The molecule has 263 valence electrons. The van der Waals surface area contributed by atoms with E-state index >= 15 is 0 Å². The Morgan fingerprint density at radius 2 is 1.44 bits per heavy atom. The third-order valence-electron chi connectivity index (χ3n) is 9.43. The minimum Gasteiger partial charge on any atom is -0.512 e. The fraction of sp³-hybridized carbons (Fsp3) is 0.512. The van der Waals surface area contributed by atoms with Crippen LogP contribution in [0.25, 0.3) is 32.9 Å². The molecule has 3 aromatic carbocycles. The van der Waals surface area contributed by atoms with E-state index in [0.29, 0.717) is 11.8 Å². The average molecular weight is 828 g/mol. The number of nitrogens with zero attached hydrogens (tertiary/aromatic N) is 2. The van der Waals surface area contributed by atoms with Gasteiger partial charge in [-0.25, -0.2) is 4.98 Å². The maximum Gasteiger partial charge on any atom is 0.164 e. The summed E-state index contributed by atoms with van der Waals surface area (Å²) >= 11 is 0. The van der Waals surface area contributed by atoms with E-state index in [9.17, 15) is 9.90 Å². The predicted octanol–water partition coefficient (Wildman–Crippen LogP) is 11.7. The molecule has 0 unspecified atom stereocenters. The number of aliphatic hydroxyl groups is 1. The van der Waals surface area contributed by atoms with Gasteiger partial charge in [0.1, 0.15) is 11.6 Å². The van der Waals surface area contributed by atoms with Gasteiger partial charge >= 0.3 is 0 Å². The molecule has 0 amide bonds. The molecule has 0 spiro atoms. The molecule has 0 bridgehead atoms. The molecule has 48 heavy (non-hydrogen) atoms. The van der Waals surface area contributed by atoms with Gasteiger partial charge in [-0.05, 0) is 84.5 Å². The molecule has 5 heteroatoms. The molecule has 4 nitrogen and oxygen atoms in total. The molecule has 0 fully saturated rings. The number of hydrogen-bond acceptors (Lipinski definition) is 4. The number of allylic oxidation sites excluding steroid dienone is 2. The van der Waals surface area contributed by atoms with Crippen molar-refractivity contribution in [3.63, 3.8) is 0 Å². The van der Waals surface area contributed by atoms with Crippen molar-refractivity contribution >= 4 is 27.5 Å². The smallest absolute Gasteiger partial charge is 0.164 e. The Morgan fingerprint density at radius 1 is 0.833 bits per heavy atom. The summed E-state index contributed by atoms with van der Waals surface area (Å²) in [5, 5.41) is 13.6. The van der Waals surface area contributed by atoms with Crippen molar-refractivity contribution in [3.05, 3.63) is 81.9 Å². The van der Waals surface area contributed by atoms with Crippen molar-refractivity contribution in [3.8, 4) is 11.3 Å². The zero-order valence-corrected chi connectivity index (χ0v) is 34.4. The van der Waals surface area contributed by atoms with Gasteiger partial charge in [-0.3, -0.25) is 9.78 Å². The van der Waals surface area contributed by atoms with Gasteiger partial charge in [0, 0.05) is 42.4 Å². The van der Waals surface area contributed by atoms with Crippen molar-refractivity contribution in [1.82, 2.24) is 9.97 Å². The maximum atomic E-state index is 11.8. The number of aromatic nitrogens is 2. The largest absolute Gasteiger partial charge is 0.512 e. The molecule has 0 saturated carbocycles. The summed E-state index contributed by atoms with van der Waals surface area (Å²) in [4.78, 5) is 21.7.